The van der Waals surface area contributed by atoms with E-state index in [2.05, 4.69) is 0 Å². The maximum absolute atomic E-state index is 12.0. The number of alkyl halides is 3. The van der Waals surface area contributed by atoms with Crippen LogP contribution in [0, 0.1) is 11.8 Å². The van der Waals surface area contributed by atoms with Gasteiger partial charge in [-0.15, -0.1) is 0 Å². The Balaban J connectivity index is 2.42. The molecule has 1 fully saturated rings. The summed E-state index contributed by atoms with van der Waals surface area (Å²) in [6, 6.07) is 0. The lowest BCUT2D eigenvalue weighted by Gasteiger charge is -2.22. The summed E-state index contributed by atoms with van der Waals surface area (Å²) < 4.78 is 36.1. The second-order valence-electron chi connectivity index (χ2n) is 3.81. The van der Waals surface area contributed by atoms with Crippen LogP contribution in [0.3, 0.4) is 0 Å². The monoisotopic (exact) mass is 196 g/mol. The third kappa shape index (κ3) is 3.55. The lowest BCUT2D eigenvalue weighted by molar-refractivity contribution is -0.151. The molecule has 1 rings (SSSR count). The van der Waals surface area contributed by atoms with Gasteiger partial charge in [0, 0.05) is 13.0 Å². The summed E-state index contributed by atoms with van der Waals surface area (Å²) in [6.07, 6.45) is -1.23. The van der Waals surface area contributed by atoms with Crippen LogP contribution in [0.25, 0.3) is 0 Å². The van der Waals surface area contributed by atoms with Gasteiger partial charge >= 0.3 is 6.18 Å². The minimum atomic E-state index is -4.13. The van der Waals surface area contributed by atoms with Crippen LogP contribution < -0.4 is 0 Å². The molecular formula is C9H15F3O. The fourth-order valence-electron chi connectivity index (χ4n) is 2.11. The van der Waals surface area contributed by atoms with E-state index in [-0.39, 0.29) is 12.5 Å². The van der Waals surface area contributed by atoms with Crippen LogP contribution in [0.5, 0.6) is 0 Å². The van der Waals surface area contributed by atoms with Gasteiger partial charge in [-0.05, 0) is 11.8 Å². The van der Waals surface area contributed by atoms with Crippen molar-refractivity contribution < 1.29 is 18.3 Å². The molecular weight excluding hydrogens is 181 g/mol. The number of rotatable bonds is 3. The van der Waals surface area contributed by atoms with Crippen LogP contribution in [0.4, 0.5) is 13.2 Å². The van der Waals surface area contributed by atoms with Gasteiger partial charge in [0.25, 0.3) is 0 Å². The second-order valence-corrected chi connectivity index (χ2v) is 3.81. The summed E-state index contributed by atoms with van der Waals surface area (Å²) in [7, 11) is 0. The Hall–Kier alpha value is -0.250. The fourth-order valence-corrected chi connectivity index (χ4v) is 2.11. The van der Waals surface area contributed by atoms with E-state index in [1.807, 2.05) is 0 Å². The number of hydrogen-bond acceptors (Lipinski definition) is 1. The van der Waals surface area contributed by atoms with E-state index in [0.29, 0.717) is 0 Å². The molecule has 1 saturated carbocycles. The van der Waals surface area contributed by atoms with Gasteiger partial charge in [-0.3, -0.25) is 0 Å². The van der Waals surface area contributed by atoms with Crippen LogP contribution in [-0.4, -0.2) is 17.9 Å². The molecule has 0 aromatic heterocycles. The molecule has 0 bridgehead atoms. The average Bonchev–Trinajstić information content (AvgIpc) is 2.50. The van der Waals surface area contributed by atoms with E-state index in [9.17, 15) is 13.2 Å². The molecule has 0 saturated heterocycles. The number of aliphatic hydroxyl groups excluding tert-OH is 1. The molecule has 0 unspecified atom stereocenters. The van der Waals surface area contributed by atoms with Gasteiger partial charge in [0.15, 0.2) is 0 Å². The molecule has 78 valence electrons. The highest BCUT2D eigenvalue weighted by molar-refractivity contribution is 4.76. The largest absolute Gasteiger partial charge is 0.396 e. The molecule has 0 aromatic carbocycles. The van der Waals surface area contributed by atoms with E-state index in [1.165, 1.54) is 0 Å². The van der Waals surface area contributed by atoms with E-state index in [0.717, 1.165) is 25.7 Å². The maximum Gasteiger partial charge on any atom is 0.389 e. The molecule has 0 heterocycles. The van der Waals surface area contributed by atoms with Gasteiger partial charge < -0.3 is 5.11 Å². The Kier molecular flexibility index (Phi) is 3.59. The predicted molar refractivity (Wildman–Crippen MR) is 43.2 cm³/mol. The van der Waals surface area contributed by atoms with Crippen LogP contribution in [0.1, 0.15) is 32.1 Å². The molecule has 0 amide bonds. The normalized spacial score (nSPS) is 22.2. The van der Waals surface area contributed by atoms with Crippen LogP contribution in [0.15, 0.2) is 0 Å². The number of hydrogen-bond donors (Lipinski definition) is 1. The zero-order valence-electron chi connectivity index (χ0n) is 7.48. The standard InChI is InChI=1S/C9H15F3O/c10-9(11,12)5-8(6-13)7-3-1-2-4-7/h7-8,13H,1-6H2/t8-/m1/s1. The summed E-state index contributed by atoms with van der Waals surface area (Å²) in [5, 5.41) is 8.85. The van der Waals surface area contributed by atoms with Gasteiger partial charge in [0.1, 0.15) is 0 Å². The van der Waals surface area contributed by atoms with Gasteiger partial charge in [-0.2, -0.15) is 13.2 Å². The van der Waals surface area contributed by atoms with Crippen molar-refractivity contribution in [2.45, 2.75) is 38.3 Å². The first-order chi connectivity index (χ1) is 6.03. The molecule has 0 aromatic rings. The summed E-state index contributed by atoms with van der Waals surface area (Å²) in [5.41, 5.74) is 0. The van der Waals surface area contributed by atoms with Crippen molar-refractivity contribution in [2.75, 3.05) is 6.61 Å². The Morgan fingerprint density at radius 2 is 1.77 bits per heavy atom. The van der Waals surface area contributed by atoms with E-state index < -0.39 is 18.5 Å². The summed E-state index contributed by atoms with van der Waals surface area (Å²) >= 11 is 0. The Morgan fingerprint density at radius 1 is 1.23 bits per heavy atom. The van der Waals surface area contributed by atoms with E-state index in [1.54, 1.807) is 0 Å². The van der Waals surface area contributed by atoms with Crippen molar-refractivity contribution in [2.24, 2.45) is 11.8 Å². The Bertz CT molecular complexity index is 149. The zero-order chi connectivity index (χ0) is 9.90. The number of aliphatic hydroxyl groups is 1. The van der Waals surface area contributed by atoms with Crippen LogP contribution in [-0.2, 0) is 0 Å². The first-order valence-corrected chi connectivity index (χ1v) is 4.70. The highest BCUT2D eigenvalue weighted by atomic mass is 19.4. The van der Waals surface area contributed by atoms with Crippen molar-refractivity contribution in [3.63, 3.8) is 0 Å². The fraction of sp³-hybridized carbons (Fsp3) is 1.00. The SMILES string of the molecule is OC[C@@H](CC(F)(F)F)C1CCCC1. The van der Waals surface area contributed by atoms with Gasteiger partial charge in [0.05, 0.1) is 0 Å². The average molecular weight is 196 g/mol. The molecule has 4 heteroatoms. The van der Waals surface area contributed by atoms with Gasteiger partial charge in [-0.1, -0.05) is 25.7 Å². The van der Waals surface area contributed by atoms with Crippen molar-refractivity contribution in [1.29, 1.82) is 0 Å². The van der Waals surface area contributed by atoms with Crippen LogP contribution in [0.2, 0.25) is 0 Å². The first-order valence-electron chi connectivity index (χ1n) is 4.70. The molecule has 0 spiro atoms. The quantitative estimate of drug-likeness (QED) is 0.735. The molecule has 0 aliphatic heterocycles. The smallest absolute Gasteiger partial charge is 0.389 e. The maximum atomic E-state index is 12.0. The zero-order valence-corrected chi connectivity index (χ0v) is 7.48. The van der Waals surface area contributed by atoms with Crippen molar-refractivity contribution in [1.82, 2.24) is 0 Å². The molecule has 0 radical (unpaired) electrons. The van der Waals surface area contributed by atoms with E-state index >= 15 is 0 Å². The molecule has 13 heavy (non-hydrogen) atoms. The number of halogens is 3. The third-order valence-electron chi connectivity index (χ3n) is 2.79. The summed E-state index contributed by atoms with van der Waals surface area (Å²) in [6.45, 7) is -0.329. The minimum absolute atomic E-state index is 0.0895. The first kappa shape index (κ1) is 10.8. The highest BCUT2D eigenvalue weighted by Gasteiger charge is 2.36. The van der Waals surface area contributed by atoms with Crippen molar-refractivity contribution in [3.8, 4) is 0 Å². The van der Waals surface area contributed by atoms with Crippen molar-refractivity contribution >= 4 is 0 Å². The van der Waals surface area contributed by atoms with Crippen molar-refractivity contribution in [3.05, 3.63) is 0 Å². The second kappa shape index (κ2) is 4.31. The Morgan fingerprint density at radius 3 is 2.15 bits per heavy atom. The van der Waals surface area contributed by atoms with E-state index in [4.69, 9.17) is 5.11 Å². The third-order valence-corrected chi connectivity index (χ3v) is 2.79. The highest BCUT2D eigenvalue weighted by Crippen LogP contribution is 2.37. The van der Waals surface area contributed by atoms with Gasteiger partial charge in [-0.25, -0.2) is 0 Å². The van der Waals surface area contributed by atoms with Gasteiger partial charge in [0.2, 0.25) is 0 Å². The molecule has 1 aliphatic rings. The lowest BCUT2D eigenvalue weighted by atomic mass is 9.89. The summed E-state index contributed by atoms with van der Waals surface area (Å²) in [5.74, 6) is -0.478. The van der Waals surface area contributed by atoms with Crippen LogP contribution >= 0.6 is 0 Å². The molecule has 1 nitrogen and oxygen atoms in total. The Labute approximate surface area is 75.9 Å². The topological polar surface area (TPSA) is 20.2 Å². The minimum Gasteiger partial charge on any atom is -0.396 e. The molecule has 1 N–H and O–H groups in total. The summed E-state index contributed by atoms with van der Waals surface area (Å²) in [4.78, 5) is 0. The predicted octanol–water partition coefficient (Wildman–Crippen LogP) is 2.74. The molecule has 1 aliphatic carbocycles. The molecule has 1 atom stereocenters. The lowest BCUT2D eigenvalue weighted by Crippen LogP contribution is -2.23.